The van der Waals surface area contributed by atoms with E-state index in [2.05, 4.69) is 10.5 Å². The summed E-state index contributed by atoms with van der Waals surface area (Å²) in [4.78, 5) is 12.4. The molecule has 1 atom stereocenters. The van der Waals surface area contributed by atoms with E-state index in [1.807, 2.05) is 29.6 Å². The number of aromatic nitrogens is 1. The summed E-state index contributed by atoms with van der Waals surface area (Å²) in [6, 6.07) is 7.94. The third-order valence-corrected chi connectivity index (χ3v) is 5.47. The number of carbonyl (C=O) groups excluding carboxylic acids is 1. The highest BCUT2D eigenvalue weighted by Crippen LogP contribution is 2.30. The maximum atomic E-state index is 12.4. The van der Waals surface area contributed by atoms with Crippen molar-refractivity contribution in [1.82, 2.24) is 10.5 Å². The van der Waals surface area contributed by atoms with Gasteiger partial charge in [0.1, 0.15) is 5.76 Å². The Labute approximate surface area is 143 Å². The second kappa shape index (κ2) is 6.37. The van der Waals surface area contributed by atoms with E-state index in [0.29, 0.717) is 5.69 Å². The van der Waals surface area contributed by atoms with Crippen LogP contribution in [0.15, 0.2) is 34.2 Å². The zero-order valence-electron chi connectivity index (χ0n) is 13.1. The van der Waals surface area contributed by atoms with Crippen molar-refractivity contribution < 1.29 is 14.4 Å². The summed E-state index contributed by atoms with van der Waals surface area (Å²) in [7, 11) is 0. The fraction of sp³-hybridized carbons (Fsp3) is 0.333. The number of nitrogens with one attached hydrogen (secondary N) is 1. The summed E-state index contributed by atoms with van der Waals surface area (Å²) in [5, 5.41) is 20.1. The third-order valence-electron chi connectivity index (χ3n) is 4.49. The minimum Gasteiger partial charge on any atom is -0.387 e. The smallest absolute Gasteiger partial charge is 0.273 e. The Morgan fingerprint density at radius 3 is 3.08 bits per heavy atom. The van der Waals surface area contributed by atoms with Gasteiger partial charge in [-0.15, -0.1) is 11.3 Å². The van der Waals surface area contributed by atoms with Crippen LogP contribution in [-0.2, 0) is 12.8 Å². The van der Waals surface area contributed by atoms with Gasteiger partial charge in [0.25, 0.3) is 5.91 Å². The third kappa shape index (κ3) is 2.72. The SMILES string of the molecule is O=C(NC[C@@H](O)c1csc2ccccc12)c1noc2c1CCCC2. The number of aryl methyl sites for hydroxylation is 1. The van der Waals surface area contributed by atoms with E-state index in [-0.39, 0.29) is 12.5 Å². The van der Waals surface area contributed by atoms with E-state index < -0.39 is 6.10 Å². The van der Waals surface area contributed by atoms with Crippen molar-refractivity contribution in [2.75, 3.05) is 6.54 Å². The minimum absolute atomic E-state index is 0.154. The Bertz CT molecular complexity index is 883. The molecular weight excluding hydrogens is 324 g/mol. The van der Waals surface area contributed by atoms with E-state index >= 15 is 0 Å². The lowest BCUT2D eigenvalue weighted by Gasteiger charge is -2.12. The molecule has 3 aromatic rings. The average Bonchev–Trinajstić information content (AvgIpc) is 3.23. The van der Waals surface area contributed by atoms with Gasteiger partial charge in [-0.1, -0.05) is 23.4 Å². The monoisotopic (exact) mass is 342 g/mol. The molecule has 6 heteroatoms. The molecule has 124 valence electrons. The average molecular weight is 342 g/mol. The molecule has 2 aromatic heterocycles. The lowest BCUT2D eigenvalue weighted by molar-refractivity contribution is 0.0907. The number of hydrogen-bond donors (Lipinski definition) is 2. The Morgan fingerprint density at radius 1 is 1.33 bits per heavy atom. The number of aliphatic hydroxyl groups excluding tert-OH is 1. The molecule has 0 bridgehead atoms. The number of hydrogen-bond acceptors (Lipinski definition) is 5. The van der Waals surface area contributed by atoms with E-state index in [1.54, 1.807) is 11.3 Å². The van der Waals surface area contributed by atoms with Gasteiger partial charge in [0, 0.05) is 28.8 Å². The van der Waals surface area contributed by atoms with E-state index in [1.165, 1.54) is 0 Å². The molecule has 1 aliphatic carbocycles. The zero-order valence-corrected chi connectivity index (χ0v) is 13.9. The molecule has 0 spiro atoms. The molecule has 1 aliphatic rings. The lowest BCUT2D eigenvalue weighted by atomic mass is 9.96. The predicted octanol–water partition coefficient (Wildman–Crippen LogP) is 3.23. The van der Waals surface area contributed by atoms with Crippen LogP contribution in [-0.4, -0.2) is 22.7 Å². The highest BCUT2D eigenvalue weighted by Gasteiger charge is 2.24. The van der Waals surface area contributed by atoms with Crippen LogP contribution in [0.5, 0.6) is 0 Å². The molecule has 2 heterocycles. The van der Waals surface area contributed by atoms with Crippen molar-refractivity contribution in [3.63, 3.8) is 0 Å². The number of carbonyl (C=O) groups is 1. The molecule has 0 unspecified atom stereocenters. The molecule has 0 saturated carbocycles. The summed E-state index contributed by atoms with van der Waals surface area (Å²) in [5.74, 6) is 0.552. The molecule has 0 aliphatic heterocycles. The maximum absolute atomic E-state index is 12.4. The highest BCUT2D eigenvalue weighted by atomic mass is 32.1. The van der Waals surface area contributed by atoms with E-state index in [0.717, 1.165) is 52.7 Å². The van der Waals surface area contributed by atoms with Crippen LogP contribution >= 0.6 is 11.3 Å². The fourth-order valence-electron chi connectivity index (χ4n) is 3.20. The first-order chi connectivity index (χ1) is 11.7. The first kappa shape index (κ1) is 15.4. The molecule has 0 saturated heterocycles. The van der Waals surface area contributed by atoms with Crippen molar-refractivity contribution in [3.05, 3.63) is 52.2 Å². The van der Waals surface area contributed by atoms with Crippen LogP contribution in [0.4, 0.5) is 0 Å². The minimum atomic E-state index is -0.743. The second-order valence-corrected chi connectivity index (χ2v) is 6.96. The van der Waals surface area contributed by atoms with Crippen molar-refractivity contribution in [3.8, 4) is 0 Å². The Balaban J connectivity index is 1.46. The van der Waals surface area contributed by atoms with Gasteiger partial charge in [-0.3, -0.25) is 4.79 Å². The molecule has 1 amide bonds. The molecule has 5 nitrogen and oxygen atoms in total. The predicted molar refractivity (Wildman–Crippen MR) is 92.3 cm³/mol. The Hall–Kier alpha value is -2.18. The van der Waals surface area contributed by atoms with Crippen LogP contribution in [0.2, 0.25) is 0 Å². The number of thiophene rings is 1. The molecule has 4 rings (SSSR count). The lowest BCUT2D eigenvalue weighted by Crippen LogP contribution is -2.29. The van der Waals surface area contributed by atoms with Crippen LogP contribution in [0.3, 0.4) is 0 Å². The quantitative estimate of drug-likeness (QED) is 0.763. The zero-order chi connectivity index (χ0) is 16.5. The van der Waals surface area contributed by atoms with Gasteiger partial charge in [-0.25, -0.2) is 0 Å². The second-order valence-electron chi connectivity index (χ2n) is 6.05. The van der Waals surface area contributed by atoms with Gasteiger partial charge in [0.05, 0.1) is 6.10 Å². The number of amides is 1. The first-order valence-electron chi connectivity index (χ1n) is 8.14. The standard InChI is InChI=1S/C18H18N2O3S/c21-14(13-10-24-16-8-4-2-5-11(13)16)9-19-18(22)17-12-6-1-3-7-15(12)23-20-17/h2,4-5,8,10,14,21H,1,3,6-7,9H2,(H,19,22)/t14-/m1/s1. The van der Waals surface area contributed by atoms with E-state index in [4.69, 9.17) is 4.52 Å². The summed E-state index contributed by atoms with van der Waals surface area (Å²) in [6.45, 7) is 0.154. The largest absolute Gasteiger partial charge is 0.387 e. The van der Waals surface area contributed by atoms with Gasteiger partial charge >= 0.3 is 0 Å². The van der Waals surface area contributed by atoms with Crippen molar-refractivity contribution in [1.29, 1.82) is 0 Å². The van der Waals surface area contributed by atoms with Crippen molar-refractivity contribution >= 4 is 27.3 Å². The number of aliphatic hydroxyl groups is 1. The van der Waals surface area contributed by atoms with Crippen LogP contribution in [0.25, 0.3) is 10.1 Å². The molecule has 0 radical (unpaired) electrons. The molecule has 0 fully saturated rings. The number of benzene rings is 1. The summed E-state index contributed by atoms with van der Waals surface area (Å²) < 4.78 is 6.40. The summed E-state index contributed by atoms with van der Waals surface area (Å²) in [5.41, 5.74) is 2.14. The molecular formula is C18H18N2O3S. The number of rotatable bonds is 4. The molecule has 1 aromatic carbocycles. The maximum Gasteiger partial charge on any atom is 0.273 e. The van der Waals surface area contributed by atoms with E-state index in [9.17, 15) is 9.90 Å². The molecule has 2 N–H and O–H groups in total. The normalized spacial score (nSPS) is 15.2. The Morgan fingerprint density at radius 2 is 2.17 bits per heavy atom. The van der Waals surface area contributed by atoms with Gasteiger partial charge in [-0.2, -0.15) is 0 Å². The molecule has 24 heavy (non-hydrogen) atoms. The van der Waals surface area contributed by atoms with Gasteiger partial charge in [0.2, 0.25) is 0 Å². The van der Waals surface area contributed by atoms with Crippen LogP contribution < -0.4 is 5.32 Å². The first-order valence-corrected chi connectivity index (χ1v) is 9.02. The van der Waals surface area contributed by atoms with Crippen molar-refractivity contribution in [2.45, 2.75) is 31.8 Å². The van der Waals surface area contributed by atoms with Gasteiger partial charge in [-0.05, 0) is 36.1 Å². The van der Waals surface area contributed by atoms with Crippen LogP contribution in [0, 0.1) is 0 Å². The summed E-state index contributed by atoms with van der Waals surface area (Å²) in [6.07, 6.45) is 3.07. The fourth-order valence-corrected chi connectivity index (χ4v) is 4.21. The Kier molecular flexibility index (Phi) is 4.08. The van der Waals surface area contributed by atoms with Crippen LogP contribution in [0.1, 0.15) is 46.3 Å². The highest BCUT2D eigenvalue weighted by molar-refractivity contribution is 7.17. The number of fused-ring (bicyclic) bond motifs is 2. The number of nitrogens with zero attached hydrogens (tertiary/aromatic N) is 1. The van der Waals surface area contributed by atoms with Gasteiger partial charge in [0.15, 0.2) is 5.69 Å². The topological polar surface area (TPSA) is 75.4 Å². The van der Waals surface area contributed by atoms with Gasteiger partial charge < -0.3 is 14.9 Å². The van der Waals surface area contributed by atoms with Crippen molar-refractivity contribution in [2.24, 2.45) is 0 Å². The summed E-state index contributed by atoms with van der Waals surface area (Å²) >= 11 is 1.59.